The molecule has 3 aromatic rings. The van der Waals surface area contributed by atoms with Gasteiger partial charge in [0.05, 0.1) is 24.5 Å². The van der Waals surface area contributed by atoms with Gasteiger partial charge in [-0.2, -0.15) is 0 Å². The van der Waals surface area contributed by atoms with E-state index < -0.39 is 11.3 Å². The highest BCUT2D eigenvalue weighted by atomic mass is 32.2. The second kappa shape index (κ2) is 12.2. The van der Waals surface area contributed by atoms with Gasteiger partial charge in [0.2, 0.25) is 18.6 Å². The molecule has 0 bridgehead atoms. The van der Waals surface area contributed by atoms with Gasteiger partial charge in [0.15, 0.2) is 16.7 Å². The summed E-state index contributed by atoms with van der Waals surface area (Å²) in [7, 11) is 1.59. The minimum Gasteiger partial charge on any atom is -0.497 e. The molecule has 3 aliphatic heterocycles. The number of amidine groups is 2. The number of aliphatic imine (C=N–C) groups is 2. The van der Waals surface area contributed by atoms with Gasteiger partial charge in [0.25, 0.3) is 5.91 Å². The Bertz CT molecular complexity index is 1640. The number of anilines is 1. The van der Waals surface area contributed by atoms with E-state index in [1.807, 2.05) is 55.5 Å². The van der Waals surface area contributed by atoms with E-state index in [0.717, 1.165) is 11.3 Å². The molecule has 3 amide bonds. The lowest BCUT2D eigenvalue weighted by Gasteiger charge is -2.27. The Kier molecular flexibility index (Phi) is 8.01. The summed E-state index contributed by atoms with van der Waals surface area (Å²) in [6.45, 7) is 2.34. The summed E-state index contributed by atoms with van der Waals surface area (Å²) in [5.74, 6) is 1.44. The predicted octanol–water partition coefficient (Wildman–Crippen LogP) is 4.24. The van der Waals surface area contributed by atoms with Gasteiger partial charge in [-0.05, 0) is 48.4 Å². The smallest absolute Gasteiger partial charge is 0.259 e. The normalized spacial score (nSPS) is 16.9. The maximum absolute atomic E-state index is 13.7. The van der Waals surface area contributed by atoms with Crippen LogP contribution in [0.25, 0.3) is 0 Å². The quantitative estimate of drug-likeness (QED) is 0.376. The van der Waals surface area contributed by atoms with Gasteiger partial charge in [-0.15, -0.1) is 0 Å². The van der Waals surface area contributed by atoms with E-state index in [4.69, 9.17) is 19.2 Å². The third-order valence-corrected chi connectivity index (χ3v) is 8.44. The molecule has 6 rings (SSSR count). The standard InChI is InChI=1S/C31H29N5O6S/c1-3-26(29(38)33-19-10-13-24-25(14-19)42-17-41-24)43-31-35-22-7-5-4-6-21(22)28-34-23(30(39)36(28)31)15-27(37)32-16-18-8-11-20(40-2)12-9-18/h4-14,23,26H,3,15-17H2,1-2H3,(H,32,37)(H,33,38)/t23-,26+/m0/s1. The third-order valence-electron chi connectivity index (χ3n) is 7.13. The Morgan fingerprint density at radius 3 is 2.67 bits per heavy atom. The van der Waals surface area contributed by atoms with E-state index in [-0.39, 0.29) is 30.9 Å². The number of methoxy groups -OCH3 is 1. The zero-order valence-electron chi connectivity index (χ0n) is 23.5. The number of carbonyl (C=O) groups is 3. The van der Waals surface area contributed by atoms with Crippen LogP contribution in [-0.2, 0) is 20.9 Å². The van der Waals surface area contributed by atoms with Crippen LogP contribution in [0.2, 0.25) is 0 Å². The molecule has 0 unspecified atom stereocenters. The number of thioether (sulfide) groups is 1. The van der Waals surface area contributed by atoms with Crippen molar-refractivity contribution in [3.63, 3.8) is 0 Å². The monoisotopic (exact) mass is 599 g/mol. The van der Waals surface area contributed by atoms with Crippen molar-refractivity contribution in [1.29, 1.82) is 0 Å². The van der Waals surface area contributed by atoms with Crippen molar-refractivity contribution in [2.45, 2.75) is 37.6 Å². The maximum Gasteiger partial charge on any atom is 0.259 e. The molecule has 3 aromatic carbocycles. The lowest BCUT2D eigenvalue weighted by molar-refractivity contribution is -0.128. The highest BCUT2D eigenvalue weighted by Crippen LogP contribution is 2.37. The minimum atomic E-state index is -0.912. The number of nitrogens with one attached hydrogen (secondary N) is 2. The number of hydrogen-bond donors (Lipinski definition) is 2. The number of amides is 3. The molecule has 3 heterocycles. The molecule has 0 aliphatic carbocycles. The van der Waals surface area contributed by atoms with Crippen LogP contribution in [0.15, 0.2) is 76.7 Å². The molecule has 0 saturated heterocycles. The lowest BCUT2D eigenvalue weighted by atomic mass is 10.1. The number of ether oxygens (including phenoxy) is 3. The van der Waals surface area contributed by atoms with Crippen molar-refractivity contribution < 1.29 is 28.6 Å². The number of nitrogens with zero attached hydrogens (tertiary/aromatic N) is 3. The molecule has 0 radical (unpaired) electrons. The second-order valence-electron chi connectivity index (χ2n) is 9.95. The van der Waals surface area contributed by atoms with Crippen molar-refractivity contribution in [1.82, 2.24) is 10.2 Å². The summed E-state index contributed by atoms with van der Waals surface area (Å²) < 4.78 is 15.9. The Labute approximate surface area is 252 Å². The average Bonchev–Trinajstić information content (AvgIpc) is 3.63. The molecule has 43 heavy (non-hydrogen) atoms. The summed E-state index contributed by atoms with van der Waals surface area (Å²) in [4.78, 5) is 50.7. The first-order valence-corrected chi connectivity index (χ1v) is 14.7. The van der Waals surface area contributed by atoms with Gasteiger partial charge in [-0.3, -0.25) is 19.4 Å². The first kappa shape index (κ1) is 28.3. The molecule has 0 aromatic heterocycles. The van der Waals surface area contributed by atoms with Gasteiger partial charge in [-0.25, -0.2) is 9.89 Å². The second-order valence-corrected chi connectivity index (χ2v) is 11.1. The largest absolute Gasteiger partial charge is 0.497 e. The topological polar surface area (TPSA) is 131 Å². The molecule has 12 heteroatoms. The molecule has 3 aliphatic rings. The first-order chi connectivity index (χ1) is 20.9. The summed E-state index contributed by atoms with van der Waals surface area (Å²) in [5.41, 5.74) is 2.81. The fourth-order valence-electron chi connectivity index (χ4n) is 4.85. The predicted molar refractivity (Wildman–Crippen MR) is 163 cm³/mol. The van der Waals surface area contributed by atoms with E-state index >= 15 is 0 Å². The lowest BCUT2D eigenvalue weighted by Crippen LogP contribution is -2.43. The highest BCUT2D eigenvalue weighted by Gasteiger charge is 2.43. The SMILES string of the molecule is CC[C@@H](SC1=Nc2ccccc2C2=N[C@@H](CC(=O)NCc3ccc(OC)cc3)C(=O)N12)C(=O)Nc1ccc2c(c1)OCO2. The van der Waals surface area contributed by atoms with Crippen LogP contribution in [-0.4, -0.2) is 58.8 Å². The van der Waals surface area contributed by atoms with Crippen LogP contribution in [0.5, 0.6) is 17.2 Å². The molecule has 0 spiro atoms. The van der Waals surface area contributed by atoms with E-state index in [1.165, 1.54) is 16.7 Å². The molecule has 11 nitrogen and oxygen atoms in total. The van der Waals surface area contributed by atoms with Crippen molar-refractivity contribution in [2.75, 3.05) is 19.2 Å². The third kappa shape index (κ3) is 5.91. The number of para-hydroxylation sites is 1. The van der Waals surface area contributed by atoms with Crippen molar-refractivity contribution in [3.8, 4) is 17.2 Å². The maximum atomic E-state index is 13.7. The number of rotatable bonds is 9. The molecular formula is C31H29N5O6S. The summed E-state index contributed by atoms with van der Waals surface area (Å²) in [5, 5.41) is 5.58. The molecule has 0 fully saturated rings. The zero-order valence-corrected chi connectivity index (χ0v) is 24.3. The van der Waals surface area contributed by atoms with E-state index in [2.05, 4.69) is 15.6 Å². The first-order valence-electron chi connectivity index (χ1n) is 13.8. The zero-order chi connectivity index (χ0) is 29.9. The van der Waals surface area contributed by atoms with Crippen LogP contribution in [0.4, 0.5) is 11.4 Å². The van der Waals surface area contributed by atoms with Crippen molar-refractivity contribution in [3.05, 3.63) is 77.9 Å². The van der Waals surface area contributed by atoms with Gasteiger partial charge in [-0.1, -0.05) is 43.0 Å². The fraction of sp³-hybridized carbons (Fsp3) is 0.258. The number of fused-ring (bicyclic) bond motifs is 4. The average molecular weight is 600 g/mol. The van der Waals surface area contributed by atoms with Gasteiger partial charge < -0.3 is 24.8 Å². The Balaban J connectivity index is 1.16. The summed E-state index contributed by atoms with van der Waals surface area (Å²) in [6, 6.07) is 19.0. The van der Waals surface area contributed by atoms with E-state index in [1.54, 1.807) is 25.3 Å². The Morgan fingerprint density at radius 2 is 1.88 bits per heavy atom. The molecule has 2 N–H and O–H groups in total. The van der Waals surface area contributed by atoms with Crippen LogP contribution >= 0.6 is 11.8 Å². The number of hydrogen-bond acceptors (Lipinski definition) is 9. The molecule has 0 saturated carbocycles. The summed E-state index contributed by atoms with van der Waals surface area (Å²) >= 11 is 1.19. The number of carbonyl (C=O) groups excluding carboxylic acids is 3. The fourth-order valence-corrected chi connectivity index (χ4v) is 5.87. The van der Waals surface area contributed by atoms with Crippen LogP contribution in [0.1, 0.15) is 30.9 Å². The van der Waals surface area contributed by atoms with Crippen LogP contribution < -0.4 is 24.8 Å². The van der Waals surface area contributed by atoms with E-state index in [0.29, 0.717) is 52.4 Å². The Morgan fingerprint density at radius 1 is 1.09 bits per heavy atom. The molecular weight excluding hydrogens is 570 g/mol. The van der Waals surface area contributed by atoms with Gasteiger partial charge in [0.1, 0.15) is 17.6 Å². The van der Waals surface area contributed by atoms with Gasteiger partial charge >= 0.3 is 0 Å². The Hall–Kier alpha value is -4.84. The van der Waals surface area contributed by atoms with Crippen LogP contribution in [0.3, 0.4) is 0 Å². The summed E-state index contributed by atoms with van der Waals surface area (Å²) in [6.07, 6.45) is 0.365. The van der Waals surface area contributed by atoms with Crippen molar-refractivity contribution >= 4 is 51.9 Å². The molecule has 2 atom stereocenters. The van der Waals surface area contributed by atoms with Gasteiger partial charge in [0, 0.05) is 23.9 Å². The molecule has 220 valence electrons. The highest BCUT2D eigenvalue weighted by molar-refractivity contribution is 8.15. The van der Waals surface area contributed by atoms with Crippen LogP contribution in [0, 0.1) is 0 Å². The van der Waals surface area contributed by atoms with Crippen molar-refractivity contribution in [2.24, 2.45) is 9.98 Å². The van der Waals surface area contributed by atoms with E-state index in [9.17, 15) is 14.4 Å². The number of benzene rings is 3. The minimum absolute atomic E-state index is 0.114.